The number of hydrogen-bond acceptors (Lipinski definition) is 3. The molecule has 2 saturated carbocycles. The number of ether oxygens (including phenoxy) is 1. The fourth-order valence-corrected chi connectivity index (χ4v) is 7.75. The Morgan fingerprint density at radius 3 is 2.26 bits per heavy atom. The van der Waals surface area contributed by atoms with E-state index in [9.17, 15) is 9.59 Å². The maximum Gasteiger partial charge on any atom is 0.417 e. The molecule has 0 spiro atoms. The smallest absolute Gasteiger partial charge is 0.417 e. The maximum atomic E-state index is 13.7. The maximum absolute atomic E-state index is 13.7. The van der Waals surface area contributed by atoms with Gasteiger partial charge in [-0.25, -0.2) is 9.69 Å². The normalized spacial score (nSPS) is 51.4. The fourth-order valence-electron chi connectivity index (χ4n) is 7.75. The van der Waals surface area contributed by atoms with Crippen LogP contribution in [0.25, 0.3) is 0 Å². The van der Waals surface area contributed by atoms with E-state index in [0.717, 1.165) is 6.42 Å². The van der Waals surface area contributed by atoms with E-state index < -0.39 is 6.09 Å². The van der Waals surface area contributed by atoms with Crippen molar-refractivity contribution in [3.63, 3.8) is 0 Å². The number of fused-ring (bicyclic) bond motifs is 7. The molecule has 5 aliphatic rings. The standard InChI is InChI=1S/C23H31NO3/c1-11-14-8-9-15(10-14)16(11)19(25)24-17-18(27-20(24)26)23(7)13(3)12(2)22(17,6)21(23,4)5/h8-9,11,14-18H,10H2,1-7H3/t11-,14+,15-,16+,17+,18-,22+,23-/m0/s1. The van der Waals surface area contributed by atoms with E-state index in [1.54, 1.807) is 4.90 Å². The van der Waals surface area contributed by atoms with E-state index in [1.807, 2.05) is 0 Å². The fraction of sp³-hybridized carbons (Fsp3) is 0.739. The number of carbonyl (C=O) groups is 2. The van der Waals surface area contributed by atoms with Crippen LogP contribution in [0.4, 0.5) is 4.79 Å². The van der Waals surface area contributed by atoms with Crippen LogP contribution in [0.3, 0.4) is 0 Å². The summed E-state index contributed by atoms with van der Waals surface area (Å²) < 4.78 is 5.96. The van der Waals surface area contributed by atoms with Gasteiger partial charge in [-0.05, 0) is 43.4 Å². The lowest BCUT2D eigenvalue weighted by Crippen LogP contribution is -2.53. The molecule has 8 atom stereocenters. The molecular formula is C23H31NO3. The minimum atomic E-state index is -0.426. The van der Waals surface area contributed by atoms with Crippen molar-refractivity contribution in [2.45, 2.75) is 67.0 Å². The number of allylic oxidation sites excluding steroid dienone is 2. The first-order chi connectivity index (χ1) is 12.5. The lowest BCUT2D eigenvalue weighted by atomic mass is 9.62. The summed E-state index contributed by atoms with van der Waals surface area (Å²) in [6.45, 7) is 15.6. The van der Waals surface area contributed by atoms with Gasteiger partial charge in [0.1, 0.15) is 6.10 Å². The highest BCUT2D eigenvalue weighted by Gasteiger charge is 2.79. The summed E-state index contributed by atoms with van der Waals surface area (Å²) in [6.07, 6.45) is 4.82. The number of imide groups is 1. The molecule has 146 valence electrons. The van der Waals surface area contributed by atoms with Gasteiger partial charge in [-0.3, -0.25) is 4.79 Å². The molecule has 0 aromatic carbocycles. The summed E-state index contributed by atoms with van der Waals surface area (Å²) in [5.41, 5.74) is 2.09. The molecule has 1 saturated heterocycles. The second-order valence-electron chi connectivity index (χ2n) is 10.6. The quantitative estimate of drug-likeness (QED) is 0.637. The Bertz CT molecular complexity index is 839. The molecule has 0 radical (unpaired) electrons. The van der Waals surface area contributed by atoms with Crippen LogP contribution in [0, 0.1) is 39.9 Å². The third kappa shape index (κ3) is 1.54. The van der Waals surface area contributed by atoms with Gasteiger partial charge in [-0.1, -0.05) is 57.9 Å². The Labute approximate surface area is 162 Å². The van der Waals surface area contributed by atoms with Gasteiger partial charge >= 0.3 is 6.09 Å². The Morgan fingerprint density at radius 1 is 1.07 bits per heavy atom. The van der Waals surface area contributed by atoms with Gasteiger partial charge in [-0.15, -0.1) is 0 Å². The molecule has 4 heteroatoms. The zero-order valence-corrected chi connectivity index (χ0v) is 17.5. The summed E-state index contributed by atoms with van der Waals surface area (Å²) in [4.78, 5) is 28.2. The lowest BCUT2D eigenvalue weighted by Gasteiger charge is -2.44. The Hall–Kier alpha value is -1.58. The van der Waals surface area contributed by atoms with Crippen molar-refractivity contribution in [3.8, 4) is 0 Å². The van der Waals surface area contributed by atoms with Gasteiger partial charge in [0.25, 0.3) is 0 Å². The van der Waals surface area contributed by atoms with Crippen molar-refractivity contribution in [1.82, 2.24) is 4.90 Å². The first kappa shape index (κ1) is 17.5. The van der Waals surface area contributed by atoms with Crippen LogP contribution >= 0.6 is 0 Å². The first-order valence-corrected chi connectivity index (χ1v) is 10.4. The molecule has 1 aliphatic heterocycles. The molecule has 0 N–H and O–H groups in total. The average molecular weight is 370 g/mol. The molecule has 4 bridgehead atoms. The average Bonchev–Trinajstić information content (AvgIpc) is 3.33. The van der Waals surface area contributed by atoms with E-state index >= 15 is 0 Å². The molecule has 1 heterocycles. The van der Waals surface area contributed by atoms with E-state index in [1.165, 1.54) is 11.1 Å². The zero-order valence-electron chi connectivity index (χ0n) is 17.5. The van der Waals surface area contributed by atoms with Crippen LogP contribution in [0.5, 0.6) is 0 Å². The van der Waals surface area contributed by atoms with Gasteiger partial charge in [0.2, 0.25) is 5.91 Å². The summed E-state index contributed by atoms with van der Waals surface area (Å²) >= 11 is 0. The van der Waals surface area contributed by atoms with Crippen molar-refractivity contribution in [2.75, 3.05) is 0 Å². The van der Waals surface area contributed by atoms with E-state index in [2.05, 4.69) is 60.6 Å². The van der Waals surface area contributed by atoms with Gasteiger partial charge in [0.15, 0.2) is 0 Å². The molecule has 2 amide bonds. The molecule has 5 rings (SSSR count). The second kappa shape index (κ2) is 4.69. The van der Waals surface area contributed by atoms with Crippen molar-refractivity contribution >= 4 is 12.0 Å². The molecule has 3 fully saturated rings. The van der Waals surface area contributed by atoms with Crippen molar-refractivity contribution in [2.24, 2.45) is 39.9 Å². The Kier molecular flexibility index (Phi) is 3.04. The van der Waals surface area contributed by atoms with Crippen LogP contribution in [-0.2, 0) is 9.53 Å². The summed E-state index contributed by atoms with van der Waals surface area (Å²) in [6, 6.07) is -0.198. The number of hydrogen-bond donors (Lipinski definition) is 0. The van der Waals surface area contributed by atoms with Crippen LogP contribution in [0.2, 0.25) is 0 Å². The van der Waals surface area contributed by atoms with Crippen LogP contribution < -0.4 is 0 Å². The van der Waals surface area contributed by atoms with Crippen LogP contribution in [-0.4, -0.2) is 29.0 Å². The molecule has 0 unspecified atom stereocenters. The van der Waals surface area contributed by atoms with Crippen molar-refractivity contribution < 1.29 is 14.3 Å². The topological polar surface area (TPSA) is 46.6 Å². The zero-order chi connectivity index (χ0) is 19.7. The molecule has 0 aromatic heterocycles. The van der Waals surface area contributed by atoms with E-state index in [-0.39, 0.29) is 46.1 Å². The number of rotatable bonds is 1. The van der Waals surface area contributed by atoms with Crippen LogP contribution in [0.15, 0.2) is 23.3 Å². The summed E-state index contributed by atoms with van der Waals surface area (Å²) in [5, 5.41) is 0. The van der Waals surface area contributed by atoms with Gasteiger partial charge in [0.05, 0.1) is 6.04 Å². The predicted octanol–water partition coefficient (Wildman–Crippen LogP) is 4.56. The highest BCUT2D eigenvalue weighted by Crippen LogP contribution is 2.76. The summed E-state index contributed by atoms with van der Waals surface area (Å²) in [5.74, 6) is 0.961. The van der Waals surface area contributed by atoms with Gasteiger partial charge in [0, 0.05) is 16.7 Å². The van der Waals surface area contributed by atoms with Crippen molar-refractivity contribution in [1.29, 1.82) is 0 Å². The minimum Gasteiger partial charge on any atom is -0.443 e. The number of amides is 2. The molecule has 4 nitrogen and oxygen atoms in total. The summed E-state index contributed by atoms with van der Waals surface area (Å²) in [7, 11) is 0. The third-order valence-electron chi connectivity index (χ3n) is 10.2. The Morgan fingerprint density at radius 2 is 1.67 bits per heavy atom. The third-order valence-corrected chi connectivity index (χ3v) is 10.2. The highest BCUT2D eigenvalue weighted by atomic mass is 16.6. The number of nitrogens with zero attached hydrogens (tertiary/aromatic N) is 1. The first-order valence-electron chi connectivity index (χ1n) is 10.4. The van der Waals surface area contributed by atoms with E-state index in [4.69, 9.17) is 4.74 Å². The number of carbonyl (C=O) groups excluding carboxylic acids is 2. The monoisotopic (exact) mass is 369 g/mol. The second-order valence-corrected chi connectivity index (χ2v) is 10.6. The molecule has 27 heavy (non-hydrogen) atoms. The van der Waals surface area contributed by atoms with E-state index in [0.29, 0.717) is 11.8 Å². The van der Waals surface area contributed by atoms with Crippen LogP contribution in [0.1, 0.15) is 54.9 Å². The van der Waals surface area contributed by atoms with Gasteiger partial charge in [-0.2, -0.15) is 0 Å². The highest BCUT2D eigenvalue weighted by molar-refractivity contribution is 5.96. The SMILES string of the molecule is CC1=C(C)[C@]2(C)[C@H]3[C@H](OC(=O)N3C(=O)[C@@H]3[C@@H](C)[C@@H]4C=C[C@H]3C4)[C@@]1(C)C2(C)C. The molecule has 0 aromatic rings. The molecular weight excluding hydrogens is 338 g/mol. The molecule has 4 aliphatic carbocycles. The van der Waals surface area contributed by atoms with Crippen molar-refractivity contribution in [3.05, 3.63) is 23.3 Å². The predicted molar refractivity (Wildman–Crippen MR) is 103 cm³/mol. The minimum absolute atomic E-state index is 0.00419. The lowest BCUT2D eigenvalue weighted by molar-refractivity contribution is -0.137. The Balaban J connectivity index is 1.60. The van der Waals surface area contributed by atoms with Gasteiger partial charge < -0.3 is 4.74 Å². The largest absolute Gasteiger partial charge is 0.443 e.